The lowest BCUT2D eigenvalue weighted by Gasteiger charge is -2.13. The van der Waals surface area contributed by atoms with Gasteiger partial charge in [0.15, 0.2) is 0 Å². The van der Waals surface area contributed by atoms with Gasteiger partial charge in [0.05, 0.1) is 16.2 Å². The number of hydrogen-bond donors (Lipinski definition) is 1. The summed E-state index contributed by atoms with van der Waals surface area (Å²) in [5, 5.41) is 12.4. The molecule has 0 bridgehead atoms. The molecule has 0 radical (unpaired) electrons. The number of halogens is 3. The summed E-state index contributed by atoms with van der Waals surface area (Å²) in [5.74, 6) is -1.55. The zero-order chi connectivity index (χ0) is 24.5. The van der Waals surface area contributed by atoms with Gasteiger partial charge in [0.2, 0.25) is 5.75 Å². The largest absolute Gasteiger partial charge is 0.450 e. The third kappa shape index (κ3) is 4.58. The molecule has 3 aromatic rings. The Morgan fingerprint density at radius 3 is 2.38 bits per heavy atom. The molecule has 172 valence electrons. The van der Waals surface area contributed by atoms with Gasteiger partial charge < -0.3 is 4.74 Å². The van der Waals surface area contributed by atoms with Crippen LogP contribution in [0.2, 0.25) is 0 Å². The number of nitrogens with zero attached hydrogens (tertiary/aromatic N) is 2. The maximum Gasteiger partial charge on any atom is 0.416 e. The van der Waals surface area contributed by atoms with Crippen LogP contribution in [0.1, 0.15) is 11.1 Å². The van der Waals surface area contributed by atoms with Crippen LogP contribution in [0.4, 0.5) is 24.5 Å². The first-order valence-corrected chi connectivity index (χ1v) is 9.69. The molecule has 2 amide bonds. The van der Waals surface area contributed by atoms with Gasteiger partial charge in [0, 0.05) is 6.07 Å². The number of para-hydroxylation sites is 1. The Labute approximate surface area is 190 Å². The Hall–Kier alpha value is -4.67. The second-order valence-corrected chi connectivity index (χ2v) is 7.09. The summed E-state index contributed by atoms with van der Waals surface area (Å²) in [6.07, 6.45) is -3.44. The second-order valence-electron chi connectivity index (χ2n) is 7.09. The van der Waals surface area contributed by atoms with Crippen LogP contribution in [0.25, 0.3) is 6.08 Å². The number of nitro groups is 1. The van der Waals surface area contributed by atoms with Crippen LogP contribution in [0, 0.1) is 10.1 Å². The van der Waals surface area contributed by atoms with Gasteiger partial charge in [-0.3, -0.25) is 25.1 Å². The fourth-order valence-corrected chi connectivity index (χ4v) is 3.20. The van der Waals surface area contributed by atoms with Gasteiger partial charge >= 0.3 is 11.9 Å². The molecule has 8 nitrogen and oxygen atoms in total. The molecule has 0 aliphatic carbocycles. The first-order chi connectivity index (χ1) is 16.1. The highest BCUT2D eigenvalue weighted by Gasteiger charge is 2.35. The molecule has 1 aliphatic rings. The lowest BCUT2D eigenvalue weighted by Crippen LogP contribution is -2.35. The summed E-state index contributed by atoms with van der Waals surface area (Å²) in [4.78, 5) is 35.3. The van der Waals surface area contributed by atoms with Gasteiger partial charge in [-0.1, -0.05) is 30.3 Å². The van der Waals surface area contributed by atoms with E-state index in [4.69, 9.17) is 4.74 Å². The fourth-order valence-electron chi connectivity index (χ4n) is 3.20. The van der Waals surface area contributed by atoms with Crippen molar-refractivity contribution in [3.05, 3.63) is 99.6 Å². The van der Waals surface area contributed by atoms with E-state index in [0.717, 1.165) is 11.1 Å². The number of amides is 2. The van der Waals surface area contributed by atoms with Crippen LogP contribution in [-0.2, 0) is 15.8 Å². The van der Waals surface area contributed by atoms with Crippen molar-refractivity contribution in [2.75, 3.05) is 5.01 Å². The third-order valence-electron chi connectivity index (χ3n) is 4.79. The van der Waals surface area contributed by atoms with E-state index in [1.807, 2.05) is 0 Å². The SMILES string of the molecule is O=C1NN(c2ccccc2)C(=O)/C1=C\c1cccc(Oc2ccc(C(F)(F)F)cc2[N+](=O)[O-])c1. The van der Waals surface area contributed by atoms with E-state index in [0.29, 0.717) is 23.4 Å². The Morgan fingerprint density at radius 1 is 0.971 bits per heavy atom. The molecule has 0 saturated carbocycles. The number of hydrogen-bond acceptors (Lipinski definition) is 5. The molecule has 4 rings (SSSR count). The molecular formula is C23H14F3N3O5. The summed E-state index contributed by atoms with van der Waals surface area (Å²) in [5.41, 5.74) is 1.10. The highest BCUT2D eigenvalue weighted by Crippen LogP contribution is 2.38. The van der Waals surface area contributed by atoms with E-state index in [1.54, 1.807) is 36.4 Å². The van der Waals surface area contributed by atoms with Crippen molar-refractivity contribution in [1.29, 1.82) is 0 Å². The average Bonchev–Trinajstić information content (AvgIpc) is 3.07. The van der Waals surface area contributed by atoms with E-state index in [2.05, 4.69) is 5.43 Å². The van der Waals surface area contributed by atoms with E-state index < -0.39 is 39.9 Å². The molecule has 3 aromatic carbocycles. The molecule has 0 atom stereocenters. The normalized spacial score (nSPS) is 14.9. The van der Waals surface area contributed by atoms with Crippen molar-refractivity contribution >= 4 is 29.3 Å². The Morgan fingerprint density at radius 2 is 1.71 bits per heavy atom. The molecule has 11 heteroatoms. The minimum Gasteiger partial charge on any atom is -0.450 e. The number of nitrogens with one attached hydrogen (secondary N) is 1. The third-order valence-corrected chi connectivity index (χ3v) is 4.79. The summed E-state index contributed by atoms with van der Waals surface area (Å²) < 4.78 is 44.2. The summed E-state index contributed by atoms with van der Waals surface area (Å²) in [6.45, 7) is 0. The van der Waals surface area contributed by atoms with Crippen molar-refractivity contribution in [2.24, 2.45) is 0 Å². The van der Waals surface area contributed by atoms with Crippen LogP contribution < -0.4 is 15.2 Å². The zero-order valence-electron chi connectivity index (χ0n) is 17.1. The molecule has 1 saturated heterocycles. The molecule has 0 spiro atoms. The van der Waals surface area contributed by atoms with Crippen molar-refractivity contribution in [3.63, 3.8) is 0 Å². The van der Waals surface area contributed by atoms with Gasteiger partial charge in [0.25, 0.3) is 11.8 Å². The number of alkyl halides is 3. The maximum absolute atomic E-state index is 12.9. The first kappa shape index (κ1) is 22.5. The number of carbonyl (C=O) groups is 2. The molecule has 0 unspecified atom stereocenters. The second kappa shape index (κ2) is 8.70. The summed E-state index contributed by atoms with van der Waals surface area (Å²) >= 11 is 0. The molecule has 1 N–H and O–H groups in total. The fraction of sp³-hybridized carbons (Fsp3) is 0.0435. The summed E-state index contributed by atoms with van der Waals surface area (Å²) in [6, 6.07) is 16.3. The van der Waals surface area contributed by atoms with Crippen molar-refractivity contribution in [1.82, 2.24) is 5.43 Å². The summed E-state index contributed by atoms with van der Waals surface area (Å²) in [7, 11) is 0. The molecule has 1 aliphatic heterocycles. The number of ether oxygens (including phenoxy) is 1. The van der Waals surface area contributed by atoms with Crippen molar-refractivity contribution in [2.45, 2.75) is 6.18 Å². The Kier molecular flexibility index (Phi) is 5.76. The molecule has 0 aromatic heterocycles. The van der Waals surface area contributed by atoms with Gasteiger partial charge in [-0.25, -0.2) is 5.01 Å². The first-order valence-electron chi connectivity index (χ1n) is 9.69. The van der Waals surface area contributed by atoms with Crippen LogP contribution in [0.3, 0.4) is 0 Å². The number of rotatable bonds is 5. The minimum atomic E-state index is -4.75. The van der Waals surface area contributed by atoms with Crippen LogP contribution in [0.5, 0.6) is 11.5 Å². The predicted molar refractivity (Wildman–Crippen MR) is 115 cm³/mol. The maximum atomic E-state index is 12.9. The Balaban J connectivity index is 1.61. The zero-order valence-corrected chi connectivity index (χ0v) is 17.1. The molecule has 1 fully saturated rings. The van der Waals surface area contributed by atoms with Crippen molar-refractivity contribution in [3.8, 4) is 11.5 Å². The molecule has 1 heterocycles. The van der Waals surface area contributed by atoms with Gasteiger partial charge in [-0.05, 0) is 48.0 Å². The van der Waals surface area contributed by atoms with Gasteiger partial charge in [-0.15, -0.1) is 0 Å². The van der Waals surface area contributed by atoms with Gasteiger partial charge in [-0.2, -0.15) is 13.2 Å². The molecule has 34 heavy (non-hydrogen) atoms. The minimum absolute atomic E-state index is 0.0583. The number of carbonyl (C=O) groups excluding carboxylic acids is 2. The average molecular weight is 469 g/mol. The lowest BCUT2D eigenvalue weighted by atomic mass is 10.1. The highest BCUT2D eigenvalue weighted by molar-refractivity contribution is 6.31. The van der Waals surface area contributed by atoms with Crippen LogP contribution in [-0.4, -0.2) is 16.7 Å². The quantitative estimate of drug-likeness (QED) is 0.249. The number of hydrazine groups is 1. The van der Waals surface area contributed by atoms with Gasteiger partial charge in [0.1, 0.15) is 11.3 Å². The van der Waals surface area contributed by atoms with E-state index in [9.17, 15) is 32.9 Å². The number of anilines is 1. The molecular weight excluding hydrogens is 455 g/mol. The van der Waals surface area contributed by atoms with Crippen LogP contribution >= 0.6 is 0 Å². The monoisotopic (exact) mass is 469 g/mol. The smallest absolute Gasteiger partial charge is 0.416 e. The lowest BCUT2D eigenvalue weighted by molar-refractivity contribution is -0.385. The highest BCUT2D eigenvalue weighted by atomic mass is 19.4. The van der Waals surface area contributed by atoms with E-state index >= 15 is 0 Å². The topological polar surface area (TPSA) is 102 Å². The van der Waals surface area contributed by atoms with E-state index in [-0.39, 0.29) is 11.3 Å². The predicted octanol–water partition coefficient (Wildman–Crippen LogP) is 4.87. The van der Waals surface area contributed by atoms with Crippen LogP contribution in [0.15, 0.2) is 78.4 Å². The standard InChI is InChI=1S/C23H14F3N3O5/c24-23(25,26)15-9-10-20(19(13-15)29(32)33)34-17-8-4-5-14(11-17)12-18-21(30)27-28(22(18)31)16-6-2-1-3-7-16/h1-13H,(H,27,30)/b18-12-. The number of nitro benzene ring substituents is 1. The van der Waals surface area contributed by atoms with E-state index in [1.165, 1.54) is 24.3 Å². The Bertz CT molecular complexity index is 1320. The number of benzene rings is 3. The van der Waals surface area contributed by atoms with Crippen molar-refractivity contribution < 1.29 is 32.4 Å².